The van der Waals surface area contributed by atoms with E-state index in [0.717, 1.165) is 0 Å². The molecule has 0 aliphatic rings. The van der Waals surface area contributed by atoms with Gasteiger partial charge in [-0.3, -0.25) is 6.54 Å². The fourth-order valence-electron chi connectivity index (χ4n) is 0.596. The number of hydrogen-bond donors (Lipinski definition) is 0. The molecule has 0 rings (SSSR count). The van der Waals surface area contributed by atoms with E-state index in [1.54, 1.807) is 0 Å². The van der Waals surface area contributed by atoms with Crippen molar-refractivity contribution in [1.29, 1.82) is 0 Å². The first kappa shape index (κ1) is 10.0. The van der Waals surface area contributed by atoms with E-state index in [2.05, 4.69) is 25.3 Å². The zero-order valence-corrected chi connectivity index (χ0v) is 12.7. The summed E-state index contributed by atoms with van der Waals surface area (Å²) >= 11 is 0. The molecule has 0 unspecified atom stereocenters. The Morgan fingerprint density at radius 1 is 1.25 bits per heavy atom. The van der Waals surface area contributed by atoms with Crippen LogP contribution in [0.5, 0.6) is 0 Å². The largest absolute Gasteiger partial charge is 0.461 e. The van der Waals surface area contributed by atoms with E-state index < -0.39 is 0 Å². The minimum atomic E-state index is 0. The molecule has 0 aliphatic carbocycles. The van der Waals surface area contributed by atoms with Crippen molar-refractivity contribution in [3.05, 3.63) is 6.54 Å². The molecule has 0 heterocycles. The van der Waals surface area contributed by atoms with Gasteiger partial charge in [0.1, 0.15) is 0 Å². The molecule has 0 saturated heterocycles. The minimum absolute atomic E-state index is 0. The summed E-state index contributed by atoms with van der Waals surface area (Å²) in [7, 11) is 4.08. The van der Waals surface area contributed by atoms with Crippen molar-refractivity contribution < 1.29 is 0 Å². The quantitative estimate of drug-likeness (QED) is 0.667. The molecular weight excluding hydrogens is 353 g/mol. The molecule has 0 bridgehead atoms. The van der Waals surface area contributed by atoms with Crippen LogP contribution in [0.3, 0.4) is 0 Å². The van der Waals surface area contributed by atoms with Crippen LogP contribution in [-0.2, 0) is 0 Å². The molecule has 0 aromatic carbocycles. The maximum atomic E-state index is 2.17. The molecule has 0 aliphatic heterocycles. The topological polar surface area (TPSA) is 3.24 Å². The number of rotatable bonds is 2. The molecule has 0 aromatic rings. The van der Waals surface area contributed by atoms with Crippen LogP contribution in [0.25, 0.3) is 0 Å². The maximum Gasteiger partial charge on any atom is 0 e. The van der Waals surface area contributed by atoms with Gasteiger partial charge in [-0.1, -0.05) is 13.8 Å². The van der Waals surface area contributed by atoms with E-state index in [-0.39, 0.29) is 0 Å². The molecule has 0 N–H and O–H groups in total. The Morgan fingerprint density at radius 2 is 1.62 bits per heavy atom. The molecule has 0 amide bonds. The van der Waals surface area contributed by atoms with E-state index in [1.807, 2.05) is 14.1 Å². The van der Waals surface area contributed by atoms with Crippen molar-refractivity contribution >= 4 is 0 Å². The van der Waals surface area contributed by atoms with Gasteiger partial charge in [-0.05, 0) is 14.1 Å². The number of hydrogen-bond acceptors (Lipinski definition) is 1. The van der Waals surface area contributed by atoms with Crippen molar-refractivity contribution in [1.82, 2.24) is 4.90 Å². The molecule has 0 saturated carbocycles. The third-order valence-electron chi connectivity index (χ3n) is 0.596. The molecule has 0 radical (unpaired) electrons. The molecule has 0 spiro atoms. The Kier molecular flexibility index (Phi) is 5.19. The van der Waals surface area contributed by atoms with E-state index in [9.17, 15) is 0 Å². The van der Waals surface area contributed by atoms with Crippen LogP contribution in [0, 0.1) is 12.5 Å². The second-order valence-corrected chi connectivity index (χ2v) is 2.36. The van der Waals surface area contributed by atoms with E-state index in [4.69, 9.17) is 0 Å². The van der Waals surface area contributed by atoms with Crippen molar-refractivity contribution in [2.45, 2.75) is 13.8 Å². The Hall–Kier alpha value is -1.04. The van der Waals surface area contributed by atoms with Crippen LogP contribution in [0.1, 0.15) is 13.8 Å². The maximum absolute atomic E-state index is 2.17. The minimum Gasteiger partial charge on any atom is -0.461 e. The first-order valence-electron chi connectivity index (χ1n) is 2.64. The van der Waals surface area contributed by atoms with Gasteiger partial charge in [0.15, 0.2) is 0 Å². The van der Waals surface area contributed by atoms with Crippen LogP contribution in [0.2, 0.25) is 0 Å². The van der Waals surface area contributed by atoms with Gasteiger partial charge in [0.05, 0.1) is 0 Å². The monoisotopic (exact) mass is 367 g/mol. The number of nitrogens with zero attached hydrogens (tertiary/aromatic N) is 1. The van der Waals surface area contributed by atoms with Gasteiger partial charge in [0, 0.05) is 0 Å². The van der Waals surface area contributed by atoms with Crippen LogP contribution >= 0.6 is 0 Å². The molecule has 1 nitrogen and oxygen atoms in total. The van der Waals surface area contributed by atoms with Crippen molar-refractivity contribution in [2.75, 3.05) is 14.1 Å². The van der Waals surface area contributed by atoms with Gasteiger partial charge < -0.3 is 4.90 Å². The summed E-state index contributed by atoms with van der Waals surface area (Å²) in [6, 6.07) is 0. The fraction of sp³-hybridized carbons (Fsp3) is 0.833. The predicted molar refractivity (Wildman–Crippen MR) is 32.8 cm³/mol. The predicted octanol–water partition coefficient (Wildman–Crippen LogP) is 1.37. The summed E-state index contributed by atoms with van der Waals surface area (Å²) in [6.45, 7) is 6.50. The van der Waals surface area contributed by atoms with Gasteiger partial charge in [-0.25, -0.2) is 0 Å². The van der Waals surface area contributed by atoms with Gasteiger partial charge in [0.2, 0.25) is 0 Å². The van der Waals surface area contributed by atoms with Crippen LogP contribution in [-0.4, -0.2) is 19.0 Å². The van der Waals surface area contributed by atoms with Crippen LogP contribution < -0.4 is 0 Å². The summed E-state index contributed by atoms with van der Waals surface area (Å²) in [4.78, 5) is 2.07. The smallest absolute Gasteiger partial charge is 0 e. The Bertz CT molecular complexity index is 37.8. The Labute approximate surface area is 46.3 Å². The molecular formula is C6H14NRf-. The van der Waals surface area contributed by atoms with Crippen LogP contribution in [0.4, 0.5) is 0 Å². The first-order chi connectivity index (χ1) is 3.13. The average molecular weight is 367 g/mol. The van der Waals surface area contributed by atoms with Gasteiger partial charge in [0.25, 0.3) is 0 Å². The van der Waals surface area contributed by atoms with Crippen molar-refractivity contribution in [3.63, 3.8) is 0 Å². The standard InChI is InChI=1S/C6H14N.Rf/c1-6(2)5-7(3)4;/h5-6H,1-4H3;/q-1;. The third kappa shape index (κ3) is 8.88. The SMILES string of the molecule is CC(C)[CH-]N(C)C.[Rf]. The molecule has 0 fully saturated rings. The zero-order valence-electron chi connectivity index (χ0n) is 6.31. The van der Waals surface area contributed by atoms with Crippen LogP contribution in [0.15, 0.2) is 0 Å². The fourth-order valence-corrected chi connectivity index (χ4v) is 0.596. The third-order valence-corrected chi connectivity index (χ3v) is 0.596. The van der Waals surface area contributed by atoms with E-state index in [1.165, 1.54) is 0 Å². The Balaban J connectivity index is 0. The average Bonchev–Trinajstić information content (AvgIpc) is 1.27. The summed E-state index contributed by atoms with van der Waals surface area (Å²) in [5.74, 6) is 0.676. The second-order valence-electron chi connectivity index (χ2n) is 2.36. The van der Waals surface area contributed by atoms with E-state index in [0.29, 0.717) is 5.92 Å². The molecule has 2 heteroatoms. The Morgan fingerprint density at radius 3 is 1.62 bits per heavy atom. The zero-order chi connectivity index (χ0) is 5.86. The van der Waals surface area contributed by atoms with Gasteiger partial charge in [-0.2, -0.15) is 5.92 Å². The molecule has 46 valence electrons. The van der Waals surface area contributed by atoms with Crippen molar-refractivity contribution in [2.24, 2.45) is 5.92 Å². The molecule has 0 aromatic heterocycles. The summed E-state index contributed by atoms with van der Waals surface area (Å²) in [5, 5.41) is 0. The normalized spacial score (nSPS) is 9.75. The first-order valence-corrected chi connectivity index (χ1v) is 2.64. The molecule has 8 heavy (non-hydrogen) atoms. The summed E-state index contributed by atoms with van der Waals surface area (Å²) < 4.78 is 0. The summed E-state index contributed by atoms with van der Waals surface area (Å²) in [6.07, 6.45) is 0. The van der Waals surface area contributed by atoms with Gasteiger partial charge in [-0.15, -0.1) is 0 Å². The summed E-state index contributed by atoms with van der Waals surface area (Å²) in [5.41, 5.74) is 0. The van der Waals surface area contributed by atoms with Crippen molar-refractivity contribution in [3.8, 4) is 0 Å². The second kappa shape index (κ2) is 4.13. The van der Waals surface area contributed by atoms with E-state index >= 15 is 0 Å². The molecule has 0 atom stereocenters. The van der Waals surface area contributed by atoms with Gasteiger partial charge >= 0.3 is 0 Å².